The number of piperazine rings is 1. The van der Waals surface area contributed by atoms with Crippen molar-refractivity contribution in [3.8, 4) is 0 Å². The zero-order chi connectivity index (χ0) is 35.3. The molecule has 2 aliphatic heterocycles. The van der Waals surface area contributed by atoms with Gasteiger partial charge in [0.2, 0.25) is 11.8 Å². The fourth-order valence-electron chi connectivity index (χ4n) is 7.06. The van der Waals surface area contributed by atoms with Gasteiger partial charge in [-0.05, 0) is 33.9 Å². The van der Waals surface area contributed by atoms with Crippen LogP contribution in [0, 0.1) is 0 Å². The van der Waals surface area contributed by atoms with Crippen molar-refractivity contribution in [3.63, 3.8) is 0 Å². The van der Waals surface area contributed by atoms with Crippen LogP contribution in [0.25, 0.3) is 10.9 Å². The van der Waals surface area contributed by atoms with E-state index in [1.54, 1.807) is 17.0 Å². The summed E-state index contributed by atoms with van der Waals surface area (Å²) in [5.41, 5.74) is 5.87. The first-order valence-electron chi connectivity index (χ1n) is 17.0. The SMILES string of the molecule is COOCc1ccccc1Cn1ncc2c(CN3C[C@H]4N(C(=O)CN4N(C)C(=O)NCc4ccccc4)[C@@H](Cc4ccccc4)C3=O)cccc21. The average Bonchev–Trinajstić information content (AvgIpc) is 3.72. The van der Waals surface area contributed by atoms with Crippen LogP contribution < -0.4 is 5.32 Å². The Morgan fingerprint density at radius 3 is 2.29 bits per heavy atom. The highest BCUT2D eigenvalue weighted by Crippen LogP contribution is 2.31. The number of carbonyl (C=O) groups is 3. The number of nitrogens with zero attached hydrogens (tertiary/aromatic N) is 6. The molecule has 51 heavy (non-hydrogen) atoms. The molecule has 5 aromatic rings. The minimum atomic E-state index is -0.725. The Bertz CT molecular complexity index is 2000. The highest BCUT2D eigenvalue weighted by atomic mass is 17.2. The van der Waals surface area contributed by atoms with E-state index in [4.69, 9.17) is 14.9 Å². The zero-order valence-corrected chi connectivity index (χ0v) is 28.7. The molecule has 12 heteroatoms. The van der Waals surface area contributed by atoms with Crippen molar-refractivity contribution in [3.05, 3.63) is 137 Å². The maximum absolute atomic E-state index is 14.4. The minimum Gasteiger partial charge on any atom is -0.333 e. The molecule has 3 heterocycles. The summed E-state index contributed by atoms with van der Waals surface area (Å²) in [6.07, 6.45) is 1.69. The van der Waals surface area contributed by atoms with Crippen molar-refractivity contribution in [1.29, 1.82) is 0 Å². The second-order valence-electron chi connectivity index (χ2n) is 12.8. The molecule has 2 atom stereocenters. The molecular formula is C39H41N7O5. The number of hydrogen-bond acceptors (Lipinski definition) is 7. The molecule has 0 saturated carbocycles. The molecule has 0 unspecified atom stereocenters. The number of aromatic nitrogens is 2. The summed E-state index contributed by atoms with van der Waals surface area (Å²) < 4.78 is 1.95. The molecule has 7 rings (SSSR count). The lowest BCUT2D eigenvalue weighted by Gasteiger charge is -2.45. The van der Waals surface area contributed by atoms with Crippen molar-refractivity contribution in [2.45, 2.75) is 44.9 Å². The number of benzene rings is 4. The van der Waals surface area contributed by atoms with Crippen LogP contribution in [0.4, 0.5) is 4.79 Å². The molecule has 4 aromatic carbocycles. The number of nitrogens with one attached hydrogen (secondary N) is 1. The van der Waals surface area contributed by atoms with Gasteiger partial charge in [-0.2, -0.15) is 10.1 Å². The highest BCUT2D eigenvalue weighted by Gasteiger charge is 2.51. The molecule has 4 amide bonds. The fourth-order valence-corrected chi connectivity index (χ4v) is 7.06. The third-order valence-corrected chi connectivity index (χ3v) is 9.71. The number of urea groups is 1. The molecule has 0 aliphatic carbocycles. The number of amides is 4. The Balaban J connectivity index is 1.15. The van der Waals surface area contributed by atoms with E-state index in [9.17, 15) is 14.4 Å². The fraction of sp³-hybridized carbons (Fsp3) is 0.282. The first-order valence-corrected chi connectivity index (χ1v) is 17.0. The molecule has 262 valence electrons. The summed E-state index contributed by atoms with van der Waals surface area (Å²) >= 11 is 0. The average molecular weight is 688 g/mol. The van der Waals surface area contributed by atoms with E-state index < -0.39 is 12.2 Å². The topological polar surface area (TPSA) is 112 Å². The van der Waals surface area contributed by atoms with Gasteiger partial charge in [0.1, 0.15) is 18.8 Å². The maximum Gasteiger partial charge on any atom is 0.332 e. The van der Waals surface area contributed by atoms with E-state index in [0.717, 1.165) is 38.7 Å². The monoisotopic (exact) mass is 687 g/mol. The normalized spacial score (nSPS) is 17.6. The van der Waals surface area contributed by atoms with Gasteiger partial charge >= 0.3 is 6.03 Å². The Morgan fingerprint density at radius 2 is 1.55 bits per heavy atom. The molecule has 0 radical (unpaired) electrons. The molecule has 0 spiro atoms. The van der Waals surface area contributed by atoms with Crippen LogP contribution in [-0.4, -0.2) is 86.9 Å². The van der Waals surface area contributed by atoms with E-state index in [1.165, 1.54) is 12.1 Å². The van der Waals surface area contributed by atoms with Crippen molar-refractivity contribution < 1.29 is 24.2 Å². The van der Waals surface area contributed by atoms with Gasteiger partial charge in [0.05, 0.1) is 38.5 Å². The largest absolute Gasteiger partial charge is 0.333 e. The van der Waals surface area contributed by atoms with Crippen LogP contribution in [0.1, 0.15) is 27.8 Å². The van der Waals surface area contributed by atoms with Gasteiger partial charge in [-0.1, -0.05) is 97.1 Å². The predicted molar refractivity (Wildman–Crippen MR) is 190 cm³/mol. The van der Waals surface area contributed by atoms with Gasteiger partial charge in [0.25, 0.3) is 0 Å². The van der Waals surface area contributed by atoms with E-state index >= 15 is 0 Å². The summed E-state index contributed by atoms with van der Waals surface area (Å²) in [7, 11) is 3.16. The lowest BCUT2D eigenvalue weighted by molar-refractivity contribution is -0.282. The number of hydrogen-bond donors (Lipinski definition) is 1. The maximum atomic E-state index is 14.4. The summed E-state index contributed by atoms with van der Waals surface area (Å²) in [6, 6.07) is 32.4. The van der Waals surface area contributed by atoms with Crippen molar-refractivity contribution in [1.82, 2.24) is 34.9 Å². The molecule has 2 fully saturated rings. The third-order valence-electron chi connectivity index (χ3n) is 9.71. The third kappa shape index (κ3) is 7.20. The molecule has 1 N–H and O–H groups in total. The molecule has 0 bridgehead atoms. The standard InChI is InChI=1S/C39H41N7O5/c1-42(39(49)40-21-29-14-7-4-8-15-29)45-26-37(47)46-35(20-28-12-5-3-6-13-28)38(48)43(25-36(45)46)23-31-18-11-19-34-33(31)22-41-44(34)24-30-16-9-10-17-32(30)27-51-50-2/h3-19,22,35-36H,20-21,23-27H2,1-2H3,(H,40,49)/t35-,36+/m0/s1. The molecular weight excluding hydrogens is 646 g/mol. The van der Waals surface area contributed by atoms with Crippen LogP contribution in [-0.2, 0) is 52.0 Å². The Hall–Kier alpha value is -5.56. The van der Waals surface area contributed by atoms with Crippen LogP contribution in [0.3, 0.4) is 0 Å². The number of carbonyl (C=O) groups excluding carboxylic acids is 3. The predicted octanol–water partition coefficient (Wildman–Crippen LogP) is 4.34. The van der Waals surface area contributed by atoms with E-state index in [2.05, 4.69) is 5.32 Å². The van der Waals surface area contributed by atoms with E-state index in [-0.39, 0.29) is 30.9 Å². The van der Waals surface area contributed by atoms with Gasteiger partial charge in [-0.15, -0.1) is 0 Å². The number of rotatable bonds is 12. The van der Waals surface area contributed by atoms with Crippen LogP contribution in [0.15, 0.2) is 109 Å². The first-order chi connectivity index (χ1) is 24.9. The van der Waals surface area contributed by atoms with Crippen molar-refractivity contribution in [2.24, 2.45) is 0 Å². The van der Waals surface area contributed by atoms with Gasteiger partial charge in [-0.3, -0.25) is 19.3 Å². The van der Waals surface area contributed by atoms with Gasteiger partial charge in [0, 0.05) is 31.9 Å². The van der Waals surface area contributed by atoms with Crippen molar-refractivity contribution in [2.75, 3.05) is 27.2 Å². The van der Waals surface area contributed by atoms with Crippen LogP contribution in [0.2, 0.25) is 0 Å². The lowest BCUT2D eigenvalue weighted by Crippen LogP contribution is -2.65. The Labute approximate surface area is 296 Å². The zero-order valence-electron chi connectivity index (χ0n) is 28.7. The van der Waals surface area contributed by atoms with Crippen molar-refractivity contribution >= 4 is 28.7 Å². The van der Waals surface area contributed by atoms with Gasteiger partial charge in [-0.25, -0.2) is 14.6 Å². The number of hydrazine groups is 1. The second kappa shape index (κ2) is 15.1. The minimum absolute atomic E-state index is 0.00835. The van der Waals surface area contributed by atoms with E-state index in [0.29, 0.717) is 32.7 Å². The number of fused-ring (bicyclic) bond motifs is 2. The summed E-state index contributed by atoms with van der Waals surface area (Å²) in [4.78, 5) is 55.0. The molecule has 12 nitrogen and oxygen atoms in total. The summed E-state index contributed by atoms with van der Waals surface area (Å²) in [5.74, 6) is -0.311. The second-order valence-corrected chi connectivity index (χ2v) is 12.8. The Kier molecular flexibility index (Phi) is 10.1. The highest BCUT2D eigenvalue weighted by molar-refractivity contribution is 5.92. The quantitative estimate of drug-likeness (QED) is 0.153. The van der Waals surface area contributed by atoms with Crippen LogP contribution >= 0.6 is 0 Å². The summed E-state index contributed by atoms with van der Waals surface area (Å²) in [5, 5.41) is 11.9. The van der Waals surface area contributed by atoms with Gasteiger partial charge in [0.15, 0.2) is 0 Å². The van der Waals surface area contributed by atoms with E-state index in [1.807, 2.05) is 119 Å². The molecule has 2 aliphatic rings. The lowest BCUT2D eigenvalue weighted by atomic mass is 9.99. The van der Waals surface area contributed by atoms with Gasteiger partial charge < -0.3 is 15.1 Å². The Morgan fingerprint density at radius 1 is 0.863 bits per heavy atom. The summed E-state index contributed by atoms with van der Waals surface area (Å²) in [6.45, 7) is 1.76. The molecule has 1 aromatic heterocycles. The molecule has 2 saturated heterocycles. The van der Waals surface area contributed by atoms with Crippen LogP contribution in [0.5, 0.6) is 0 Å². The smallest absolute Gasteiger partial charge is 0.332 e. The first kappa shape index (κ1) is 33.9.